The van der Waals surface area contributed by atoms with Gasteiger partial charge in [-0.3, -0.25) is 9.59 Å². The molecule has 1 aliphatic heterocycles. The Morgan fingerprint density at radius 3 is 2.70 bits per heavy atom. The molecule has 2 aromatic rings. The van der Waals surface area contributed by atoms with Crippen molar-refractivity contribution in [2.75, 3.05) is 18.8 Å². The molecule has 0 spiro atoms. The zero-order chi connectivity index (χ0) is 16.2. The van der Waals surface area contributed by atoms with E-state index in [1.54, 1.807) is 12.1 Å². The molecule has 2 amide bonds. The predicted molar refractivity (Wildman–Crippen MR) is 90.1 cm³/mol. The lowest BCUT2D eigenvalue weighted by Crippen LogP contribution is -2.39. The van der Waals surface area contributed by atoms with E-state index >= 15 is 0 Å². The minimum absolute atomic E-state index is 0.0505. The first-order valence-corrected chi connectivity index (χ1v) is 9.00. The molecule has 1 N–H and O–H groups in total. The Morgan fingerprint density at radius 2 is 2.09 bits per heavy atom. The van der Waals surface area contributed by atoms with Crippen molar-refractivity contribution in [2.24, 2.45) is 0 Å². The van der Waals surface area contributed by atoms with Crippen LogP contribution in [0, 0.1) is 5.82 Å². The molecule has 1 saturated heterocycles. The average Bonchev–Trinajstić information content (AvgIpc) is 3.19. The topological polar surface area (TPSA) is 49.4 Å². The van der Waals surface area contributed by atoms with E-state index in [-0.39, 0.29) is 29.6 Å². The number of hydrogen-bond acceptors (Lipinski definition) is 4. The van der Waals surface area contributed by atoms with Crippen molar-refractivity contribution >= 4 is 34.2 Å². The molecule has 0 radical (unpaired) electrons. The molecule has 0 aliphatic carbocycles. The van der Waals surface area contributed by atoms with Crippen molar-refractivity contribution < 1.29 is 14.0 Å². The molecule has 1 aliphatic rings. The van der Waals surface area contributed by atoms with Crippen LogP contribution in [0.15, 0.2) is 41.8 Å². The van der Waals surface area contributed by atoms with Crippen LogP contribution in [0.4, 0.5) is 9.18 Å². The number of amides is 2. The number of thiophene rings is 1. The molecule has 120 valence electrons. The van der Waals surface area contributed by atoms with Gasteiger partial charge in [-0.15, -0.1) is 11.3 Å². The fraction of sp³-hybridized carbons (Fsp3) is 0.250. The molecule has 0 bridgehead atoms. The van der Waals surface area contributed by atoms with Gasteiger partial charge >= 0.3 is 0 Å². The highest BCUT2D eigenvalue weighted by Crippen LogP contribution is 2.26. The number of carbonyl (C=O) groups excluding carboxylic acids is 2. The van der Waals surface area contributed by atoms with E-state index in [4.69, 9.17) is 0 Å². The van der Waals surface area contributed by atoms with Crippen LogP contribution >= 0.6 is 23.1 Å². The van der Waals surface area contributed by atoms with Crippen molar-refractivity contribution in [1.82, 2.24) is 10.2 Å². The standard InChI is InChI=1S/C16H15FN2O2S2/c17-12-5-3-11(4-6-12)15(13-2-1-8-22-13)18-14(20)10-19-7-9-23-16(19)21/h1-6,8,15H,7,9-10H2,(H,18,20)/t15-/m1/s1. The van der Waals surface area contributed by atoms with Crippen LogP contribution in [0.5, 0.6) is 0 Å². The quantitative estimate of drug-likeness (QED) is 0.900. The van der Waals surface area contributed by atoms with Crippen molar-refractivity contribution in [1.29, 1.82) is 0 Å². The summed E-state index contributed by atoms with van der Waals surface area (Å²) in [4.78, 5) is 26.4. The number of hydrogen-bond donors (Lipinski definition) is 1. The zero-order valence-corrected chi connectivity index (χ0v) is 13.8. The lowest BCUT2D eigenvalue weighted by molar-refractivity contribution is -0.122. The van der Waals surface area contributed by atoms with Gasteiger partial charge in [0.25, 0.3) is 5.24 Å². The third-order valence-electron chi connectivity index (χ3n) is 3.52. The summed E-state index contributed by atoms with van der Waals surface area (Å²) in [6, 6.07) is 9.58. The van der Waals surface area contributed by atoms with E-state index in [2.05, 4.69) is 5.32 Å². The molecular weight excluding hydrogens is 335 g/mol. The van der Waals surface area contributed by atoms with Crippen LogP contribution in [0.2, 0.25) is 0 Å². The van der Waals surface area contributed by atoms with Crippen molar-refractivity contribution in [3.8, 4) is 0 Å². The Labute approximate surface area is 141 Å². The van der Waals surface area contributed by atoms with E-state index in [0.29, 0.717) is 6.54 Å². The van der Waals surface area contributed by atoms with Gasteiger partial charge < -0.3 is 10.2 Å². The number of benzene rings is 1. The summed E-state index contributed by atoms with van der Waals surface area (Å²) in [5.74, 6) is 0.187. The monoisotopic (exact) mass is 350 g/mol. The highest BCUT2D eigenvalue weighted by Gasteiger charge is 2.25. The van der Waals surface area contributed by atoms with E-state index in [1.165, 1.54) is 40.1 Å². The number of carbonyl (C=O) groups is 2. The maximum absolute atomic E-state index is 13.1. The lowest BCUT2D eigenvalue weighted by Gasteiger charge is -2.20. The van der Waals surface area contributed by atoms with Crippen molar-refractivity contribution in [3.63, 3.8) is 0 Å². The number of nitrogens with zero attached hydrogens (tertiary/aromatic N) is 1. The largest absolute Gasteiger partial charge is 0.343 e. The summed E-state index contributed by atoms with van der Waals surface area (Å²) < 4.78 is 13.1. The molecule has 1 atom stereocenters. The first kappa shape index (κ1) is 16.0. The van der Waals surface area contributed by atoms with E-state index in [0.717, 1.165) is 16.2 Å². The number of rotatable bonds is 5. The second-order valence-electron chi connectivity index (χ2n) is 5.10. The van der Waals surface area contributed by atoms with E-state index < -0.39 is 0 Å². The van der Waals surface area contributed by atoms with Gasteiger partial charge in [0.05, 0.1) is 6.04 Å². The van der Waals surface area contributed by atoms with Crippen LogP contribution < -0.4 is 5.32 Å². The summed E-state index contributed by atoms with van der Waals surface area (Å²) >= 11 is 2.75. The summed E-state index contributed by atoms with van der Waals surface area (Å²) in [5.41, 5.74) is 0.810. The Morgan fingerprint density at radius 1 is 1.30 bits per heavy atom. The van der Waals surface area contributed by atoms with Crippen molar-refractivity contribution in [2.45, 2.75) is 6.04 Å². The van der Waals surface area contributed by atoms with Gasteiger partial charge in [0, 0.05) is 17.2 Å². The molecule has 0 unspecified atom stereocenters. The van der Waals surface area contributed by atoms with Crippen LogP contribution in [-0.2, 0) is 4.79 Å². The van der Waals surface area contributed by atoms with Crippen LogP contribution in [0.25, 0.3) is 0 Å². The lowest BCUT2D eigenvalue weighted by atomic mass is 10.1. The van der Waals surface area contributed by atoms with Crippen LogP contribution in [0.1, 0.15) is 16.5 Å². The Kier molecular flexibility index (Phi) is 4.97. The fourth-order valence-electron chi connectivity index (χ4n) is 2.38. The van der Waals surface area contributed by atoms with E-state index in [9.17, 15) is 14.0 Å². The number of nitrogens with one attached hydrogen (secondary N) is 1. The molecule has 2 heterocycles. The molecule has 7 heteroatoms. The third-order valence-corrected chi connectivity index (χ3v) is 5.34. The Hall–Kier alpha value is -1.86. The van der Waals surface area contributed by atoms with Crippen LogP contribution in [0.3, 0.4) is 0 Å². The predicted octanol–water partition coefficient (Wildman–Crippen LogP) is 3.26. The van der Waals surface area contributed by atoms with Gasteiger partial charge in [-0.2, -0.15) is 0 Å². The first-order valence-electron chi connectivity index (χ1n) is 7.13. The van der Waals surface area contributed by atoms with Gasteiger partial charge in [0.1, 0.15) is 12.4 Å². The second-order valence-corrected chi connectivity index (χ2v) is 7.13. The minimum Gasteiger partial charge on any atom is -0.343 e. The van der Waals surface area contributed by atoms with Crippen LogP contribution in [-0.4, -0.2) is 34.9 Å². The van der Waals surface area contributed by atoms with Gasteiger partial charge in [-0.1, -0.05) is 30.0 Å². The molecule has 23 heavy (non-hydrogen) atoms. The summed E-state index contributed by atoms with van der Waals surface area (Å²) in [6.07, 6.45) is 0. The number of halogens is 1. The maximum atomic E-state index is 13.1. The number of thioether (sulfide) groups is 1. The van der Waals surface area contributed by atoms with Gasteiger partial charge in [0.2, 0.25) is 5.91 Å². The molecular formula is C16H15FN2O2S2. The summed E-state index contributed by atoms with van der Waals surface area (Å²) in [6.45, 7) is 0.645. The van der Waals surface area contributed by atoms with E-state index in [1.807, 2.05) is 17.5 Å². The first-order chi connectivity index (χ1) is 11.1. The molecule has 4 nitrogen and oxygen atoms in total. The minimum atomic E-state index is -0.339. The Bertz CT molecular complexity index is 689. The van der Waals surface area contributed by atoms with Gasteiger partial charge in [0.15, 0.2) is 0 Å². The molecule has 1 fully saturated rings. The summed E-state index contributed by atoms with van der Waals surface area (Å²) in [7, 11) is 0. The molecule has 1 aromatic carbocycles. The van der Waals surface area contributed by atoms with Gasteiger partial charge in [-0.05, 0) is 29.1 Å². The smallest absolute Gasteiger partial charge is 0.282 e. The molecule has 3 rings (SSSR count). The van der Waals surface area contributed by atoms with Gasteiger partial charge in [-0.25, -0.2) is 4.39 Å². The fourth-order valence-corrected chi connectivity index (χ4v) is 4.01. The molecule has 0 saturated carbocycles. The highest BCUT2D eigenvalue weighted by molar-refractivity contribution is 8.13. The molecule has 1 aromatic heterocycles. The maximum Gasteiger partial charge on any atom is 0.282 e. The normalized spacial score (nSPS) is 15.7. The third kappa shape index (κ3) is 3.92. The summed E-state index contributed by atoms with van der Waals surface area (Å²) in [5, 5.41) is 4.82. The second kappa shape index (κ2) is 7.14. The average molecular weight is 350 g/mol. The highest BCUT2D eigenvalue weighted by atomic mass is 32.2. The van der Waals surface area contributed by atoms with Crippen molar-refractivity contribution in [3.05, 3.63) is 58.0 Å². The zero-order valence-electron chi connectivity index (χ0n) is 12.2. The SMILES string of the molecule is O=C(CN1CCSC1=O)N[C@H](c1ccc(F)cc1)c1cccs1. The Balaban J connectivity index is 1.75.